The van der Waals surface area contributed by atoms with E-state index in [0.29, 0.717) is 26.1 Å². The maximum atomic E-state index is 13.4. The fraction of sp³-hybridized carbons (Fsp3) is 0.333. The predicted molar refractivity (Wildman–Crippen MR) is 127 cm³/mol. The van der Waals surface area contributed by atoms with E-state index in [1.54, 1.807) is 0 Å². The van der Waals surface area contributed by atoms with E-state index in [4.69, 9.17) is 4.74 Å². The summed E-state index contributed by atoms with van der Waals surface area (Å²) in [5.74, 6) is -0.0525. The van der Waals surface area contributed by atoms with Crippen LogP contribution in [0.25, 0.3) is 11.1 Å². The Bertz CT molecular complexity index is 1020. The number of morpholine rings is 1. The third kappa shape index (κ3) is 5.42. The molecule has 166 valence electrons. The Labute approximate surface area is 190 Å². The van der Waals surface area contributed by atoms with Gasteiger partial charge in [0.15, 0.2) is 5.60 Å². The van der Waals surface area contributed by atoms with E-state index in [-0.39, 0.29) is 11.9 Å². The molecule has 0 saturated carbocycles. The van der Waals surface area contributed by atoms with Gasteiger partial charge in [0.25, 0.3) is 5.91 Å². The zero-order valence-corrected chi connectivity index (χ0v) is 18.8. The Kier molecular flexibility index (Phi) is 6.98. The van der Waals surface area contributed by atoms with Gasteiger partial charge >= 0.3 is 0 Å². The van der Waals surface area contributed by atoms with Crippen LogP contribution in [0.1, 0.15) is 25.1 Å². The third-order valence-electron chi connectivity index (χ3n) is 5.73. The molecule has 0 radical (unpaired) electrons. The average molecular weight is 430 g/mol. The van der Waals surface area contributed by atoms with Crippen molar-refractivity contribution in [2.45, 2.75) is 38.5 Å². The molecule has 32 heavy (non-hydrogen) atoms. The van der Waals surface area contributed by atoms with Gasteiger partial charge in [0, 0.05) is 38.3 Å². The molecule has 1 atom stereocenters. The molecule has 1 amide bonds. The molecule has 0 aliphatic carbocycles. The van der Waals surface area contributed by atoms with E-state index in [1.807, 2.05) is 56.4 Å². The number of nitrogens with one attached hydrogen (secondary N) is 1. The van der Waals surface area contributed by atoms with Gasteiger partial charge in [-0.25, -0.2) is 0 Å². The summed E-state index contributed by atoms with van der Waals surface area (Å²) in [6, 6.07) is 24.7. The normalized spacial score (nSPS) is 19.1. The highest BCUT2D eigenvalue weighted by Gasteiger charge is 2.44. The van der Waals surface area contributed by atoms with Crippen molar-refractivity contribution in [2.24, 2.45) is 0 Å². The van der Waals surface area contributed by atoms with Gasteiger partial charge in [-0.05, 0) is 42.7 Å². The van der Waals surface area contributed by atoms with E-state index in [2.05, 4.69) is 51.6 Å². The first-order valence-corrected chi connectivity index (χ1v) is 11.3. The zero-order chi connectivity index (χ0) is 22.4. The molecule has 1 aliphatic heterocycles. The molecule has 2 heterocycles. The summed E-state index contributed by atoms with van der Waals surface area (Å²) in [5.41, 5.74) is 3.45. The van der Waals surface area contributed by atoms with E-state index in [9.17, 15) is 4.79 Å². The predicted octanol–water partition coefficient (Wildman–Crippen LogP) is 4.09. The Morgan fingerprint density at radius 2 is 1.84 bits per heavy atom. The van der Waals surface area contributed by atoms with E-state index < -0.39 is 5.60 Å². The SMILES string of the molecule is CC(C)NC(=O)[C@@]1(Cc2cccc(-c3ccccc3)c2)CN(Cc2ccccn2)CCO1. The standard InChI is InChI=1S/C27H31N3O2/c1-21(2)29-26(31)27(20-30(15-16-32-27)19-25-13-6-7-14-28-25)18-22-9-8-12-24(17-22)23-10-4-3-5-11-23/h3-14,17,21H,15-16,18-20H2,1-2H3,(H,29,31)/t27-/m1/s1. The molecular formula is C27H31N3O2. The van der Waals surface area contributed by atoms with Gasteiger partial charge in [-0.2, -0.15) is 0 Å². The van der Waals surface area contributed by atoms with Crippen molar-refractivity contribution < 1.29 is 9.53 Å². The average Bonchev–Trinajstić information content (AvgIpc) is 2.80. The largest absolute Gasteiger partial charge is 0.362 e. The van der Waals surface area contributed by atoms with Crippen LogP contribution >= 0.6 is 0 Å². The number of hydrogen-bond acceptors (Lipinski definition) is 4. The second kappa shape index (κ2) is 10.1. The number of benzene rings is 2. The van der Waals surface area contributed by atoms with Gasteiger partial charge in [0.1, 0.15) is 0 Å². The highest BCUT2D eigenvalue weighted by Crippen LogP contribution is 2.28. The van der Waals surface area contributed by atoms with Crippen LogP contribution in [0.3, 0.4) is 0 Å². The van der Waals surface area contributed by atoms with Gasteiger partial charge in [0.05, 0.1) is 12.3 Å². The lowest BCUT2D eigenvalue weighted by Crippen LogP contribution is -2.61. The maximum Gasteiger partial charge on any atom is 0.254 e. The molecule has 0 bridgehead atoms. The number of rotatable bonds is 7. The van der Waals surface area contributed by atoms with Crippen LogP contribution in [0.2, 0.25) is 0 Å². The van der Waals surface area contributed by atoms with Crippen molar-refractivity contribution in [3.05, 3.63) is 90.3 Å². The van der Waals surface area contributed by atoms with E-state index in [0.717, 1.165) is 28.9 Å². The Morgan fingerprint density at radius 3 is 2.59 bits per heavy atom. The summed E-state index contributed by atoms with van der Waals surface area (Å²) in [6.45, 7) is 6.48. The van der Waals surface area contributed by atoms with Gasteiger partial charge < -0.3 is 10.1 Å². The molecule has 4 rings (SSSR count). The first kappa shape index (κ1) is 22.2. The molecular weight excluding hydrogens is 398 g/mol. The number of aromatic nitrogens is 1. The molecule has 1 saturated heterocycles. The van der Waals surface area contributed by atoms with Crippen LogP contribution in [-0.2, 0) is 22.5 Å². The highest BCUT2D eigenvalue weighted by molar-refractivity contribution is 5.86. The van der Waals surface area contributed by atoms with E-state index >= 15 is 0 Å². The lowest BCUT2D eigenvalue weighted by atomic mass is 9.89. The number of carbonyl (C=O) groups excluding carboxylic acids is 1. The Hall–Kier alpha value is -3.02. The molecule has 1 fully saturated rings. The smallest absolute Gasteiger partial charge is 0.254 e. The number of pyridine rings is 1. The zero-order valence-electron chi connectivity index (χ0n) is 18.8. The van der Waals surface area contributed by atoms with Crippen LogP contribution in [0.5, 0.6) is 0 Å². The van der Waals surface area contributed by atoms with Crippen molar-refractivity contribution >= 4 is 5.91 Å². The molecule has 5 heteroatoms. The molecule has 3 aromatic rings. The van der Waals surface area contributed by atoms with Crippen molar-refractivity contribution in [1.82, 2.24) is 15.2 Å². The summed E-state index contributed by atoms with van der Waals surface area (Å²) < 4.78 is 6.27. The second-order valence-electron chi connectivity index (χ2n) is 8.75. The van der Waals surface area contributed by atoms with Crippen LogP contribution in [0.4, 0.5) is 0 Å². The molecule has 2 aromatic carbocycles. The number of nitrogens with zero attached hydrogens (tertiary/aromatic N) is 2. The van der Waals surface area contributed by atoms with Crippen LogP contribution in [0, 0.1) is 0 Å². The molecule has 5 nitrogen and oxygen atoms in total. The monoisotopic (exact) mass is 429 g/mol. The fourth-order valence-corrected chi connectivity index (χ4v) is 4.25. The number of amides is 1. The summed E-state index contributed by atoms with van der Waals surface area (Å²) >= 11 is 0. The summed E-state index contributed by atoms with van der Waals surface area (Å²) in [7, 11) is 0. The van der Waals surface area contributed by atoms with Crippen LogP contribution in [0.15, 0.2) is 79.0 Å². The Balaban J connectivity index is 1.60. The number of carbonyl (C=O) groups is 1. The molecule has 1 aliphatic rings. The van der Waals surface area contributed by atoms with Gasteiger partial charge in [-0.15, -0.1) is 0 Å². The third-order valence-corrected chi connectivity index (χ3v) is 5.73. The number of hydrogen-bond donors (Lipinski definition) is 1. The van der Waals surface area contributed by atoms with Gasteiger partial charge in [0.2, 0.25) is 0 Å². The van der Waals surface area contributed by atoms with Crippen molar-refractivity contribution in [2.75, 3.05) is 19.7 Å². The van der Waals surface area contributed by atoms with Gasteiger partial charge in [-0.1, -0.05) is 60.7 Å². The quantitative estimate of drug-likeness (QED) is 0.615. The fourth-order valence-electron chi connectivity index (χ4n) is 4.25. The second-order valence-corrected chi connectivity index (χ2v) is 8.75. The summed E-state index contributed by atoms with van der Waals surface area (Å²) in [6.07, 6.45) is 2.33. The molecule has 1 N–H and O–H groups in total. The van der Waals surface area contributed by atoms with Crippen LogP contribution < -0.4 is 5.32 Å². The maximum absolute atomic E-state index is 13.4. The first-order chi connectivity index (χ1) is 15.5. The summed E-state index contributed by atoms with van der Waals surface area (Å²) in [5, 5.41) is 3.10. The lowest BCUT2D eigenvalue weighted by molar-refractivity contribution is -0.161. The van der Waals surface area contributed by atoms with Crippen molar-refractivity contribution in [3.8, 4) is 11.1 Å². The number of ether oxygens (including phenoxy) is 1. The topological polar surface area (TPSA) is 54.5 Å². The molecule has 0 spiro atoms. The highest BCUT2D eigenvalue weighted by atomic mass is 16.5. The molecule has 0 unspecified atom stereocenters. The Morgan fingerprint density at radius 1 is 1.06 bits per heavy atom. The summed E-state index contributed by atoms with van der Waals surface area (Å²) in [4.78, 5) is 20.1. The lowest BCUT2D eigenvalue weighted by Gasteiger charge is -2.42. The minimum Gasteiger partial charge on any atom is -0.362 e. The minimum atomic E-state index is -0.938. The van der Waals surface area contributed by atoms with Crippen LogP contribution in [-0.4, -0.2) is 47.1 Å². The first-order valence-electron chi connectivity index (χ1n) is 11.3. The van der Waals surface area contributed by atoms with Crippen molar-refractivity contribution in [1.29, 1.82) is 0 Å². The van der Waals surface area contributed by atoms with E-state index in [1.165, 1.54) is 0 Å². The van der Waals surface area contributed by atoms with Gasteiger partial charge in [-0.3, -0.25) is 14.7 Å². The molecule has 1 aromatic heterocycles. The van der Waals surface area contributed by atoms with Crippen molar-refractivity contribution in [3.63, 3.8) is 0 Å². The minimum absolute atomic E-state index is 0.0461.